The summed E-state index contributed by atoms with van der Waals surface area (Å²) in [6.07, 6.45) is 3.34. The minimum Gasteiger partial charge on any atom is -0.396 e. The Kier molecular flexibility index (Phi) is 7.37. The molecule has 156 valence electrons. The Bertz CT molecular complexity index is 1010. The summed E-state index contributed by atoms with van der Waals surface area (Å²) in [5.74, 6) is -2.33. The van der Waals surface area contributed by atoms with Crippen LogP contribution in [0.4, 0.5) is 8.78 Å². The first-order valence-electron chi connectivity index (χ1n) is 9.11. The van der Waals surface area contributed by atoms with Gasteiger partial charge in [0.25, 0.3) is 5.91 Å². The molecular weight excluding hydrogens is 433 g/mol. The molecule has 1 atom stereocenters. The van der Waals surface area contributed by atoms with E-state index in [0.29, 0.717) is 27.2 Å². The molecule has 0 aliphatic rings. The minimum absolute atomic E-state index is 0.0917. The average Bonchev–Trinajstić information content (AvgIpc) is 2.70. The Morgan fingerprint density at radius 3 is 2.43 bits per heavy atom. The van der Waals surface area contributed by atoms with Gasteiger partial charge in [0, 0.05) is 47.2 Å². The van der Waals surface area contributed by atoms with Crippen LogP contribution in [0.15, 0.2) is 60.9 Å². The van der Waals surface area contributed by atoms with Gasteiger partial charge in [-0.25, -0.2) is 8.78 Å². The van der Waals surface area contributed by atoms with E-state index in [-0.39, 0.29) is 25.1 Å². The van der Waals surface area contributed by atoms with Crippen LogP contribution in [0.3, 0.4) is 0 Å². The molecule has 0 bridgehead atoms. The molecule has 0 unspecified atom stereocenters. The summed E-state index contributed by atoms with van der Waals surface area (Å²) >= 11 is 12.4. The number of hydrogen-bond acceptors (Lipinski definition) is 3. The van der Waals surface area contributed by atoms with Crippen molar-refractivity contribution in [3.63, 3.8) is 0 Å². The summed E-state index contributed by atoms with van der Waals surface area (Å²) in [5, 5.41) is 10.4. The predicted molar refractivity (Wildman–Crippen MR) is 111 cm³/mol. The van der Waals surface area contributed by atoms with Crippen LogP contribution in [-0.2, 0) is 6.54 Å². The van der Waals surface area contributed by atoms with Crippen LogP contribution in [0.1, 0.15) is 33.9 Å². The van der Waals surface area contributed by atoms with Gasteiger partial charge in [-0.2, -0.15) is 0 Å². The zero-order valence-electron chi connectivity index (χ0n) is 15.7. The number of rotatable bonds is 7. The van der Waals surface area contributed by atoms with E-state index >= 15 is 0 Å². The number of aliphatic hydroxyl groups is 1. The topological polar surface area (TPSA) is 53.4 Å². The second-order valence-corrected chi connectivity index (χ2v) is 7.49. The molecule has 0 spiro atoms. The molecule has 0 radical (unpaired) electrons. The largest absolute Gasteiger partial charge is 0.396 e. The predicted octanol–water partition coefficient (Wildman–Crippen LogP) is 5.43. The van der Waals surface area contributed by atoms with Crippen molar-refractivity contribution in [2.45, 2.75) is 19.0 Å². The molecule has 1 N–H and O–H groups in total. The molecule has 3 aromatic rings. The van der Waals surface area contributed by atoms with Gasteiger partial charge in [0.1, 0.15) is 11.6 Å². The van der Waals surface area contributed by atoms with Crippen LogP contribution in [-0.4, -0.2) is 27.5 Å². The number of hydrogen-bond donors (Lipinski definition) is 1. The van der Waals surface area contributed by atoms with Gasteiger partial charge in [-0.15, -0.1) is 0 Å². The maximum atomic E-state index is 13.8. The van der Waals surface area contributed by atoms with Gasteiger partial charge in [-0.05, 0) is 47.9 Å². The Labute approximate surface area is 182 Å². The van der Waals surface area contributed by atoms with Crippen molar-refractivity contribution in [1.82, 2.24) is 9.88 Å². The molecule has 0 fully saturated rings. The smallest absolute Gasteiger partial charge is 0.254 e. The van der Waals surface area contributed by atoms with Gasteiger partial charge in [-0.3, -0.25) is 9.78 Å². The molecule has 8 heteroatoms. The van der Waals surface area contributed by atoms with E-state index in [1.165, 1.54) is 11.0 Å². The fourth-order valence-corrected chi connectivity index (χ4v) is 3.76. The zero-order chi connectivity index (χ0) is 21.7. The van der Waals surface area contributed by atoms with Crippen molar-refractivity contribution in [1.29, 1.82) is 0 Å². The Hall–Kier alpha value is -2.54. The summed E-state index contributed by atoms with van der Waals surface area (Å²) in [6, 6.07) is 10.3. The van der Waals surface area contributed by atoms with E-state index in [1.54, 1.807) is 36.7 Å². The highest BCUT2D eigenvalue weighted by Crippen LogP contribution is 2.34. The Morgan fingerprint density at radius 2 is 1.83 bits per heavy atom. The lowest BCUT2D eigenvalue weighted by Gasteiger charge is -2.33. The van der Waals surface area contributed by atoms with E-state index in [4.69, 9.17) is 23.2 Å². The van der Waals surface area contributed by atoms with Crippen molar-refractivity contribution in [3.05, 3.63) is 99.3 Å². The zero-order valence-corrected chi connectivity index (χ0v) is 17.2. The number of aliphatic hydroxyl groups excluding tert-OH is 1. The first-order chi connectivity index (χ1) is 14.4. The number of carbonyl (C=O) groups is 1. The molecule has 1 heterocycles. The average molecular weight is 451 g/mol. The standard InChI is InChI=1S/C22H18Cl2F2N2O2/c23-16-3-4-19(20(24)10-16)21(5-7-29)28(13-14-2-1-6-27-12-14)22(30)15-8-17(25)11-18(26)9-15/h1-4,6,8-12,21,29H,5,7,13H2/t21-/m1/s1. The third-order valence-corrected chi connectivity index (χ3v) is 5.11. The highest BCUT2D eigenvalue weighted by atomic mass is 35.5. The normalized spacial score (nSPS) is 11.9. The molecule has 1 aromatic heterocycles. The molecule has 3 rings (SSSR count). The summed E-state index contributed by atoms with van der Waals surface area (Å²) in [6.45, 7) is -0.146. The van der Waals surface area contributed by atoms with Crippen LogP contribution >= 0.6 is 23.2 Å². The number of pyridine rings is 1. The second-order valence-electron chi connectivity index (χ2n) is 6.65. The molecule has 0 saturated carbocycles. The first-order valence-corrected chi connectivity index (χ1v) is 9.86. The van der Waals surface area contributed by atoms with Gasteiger partial charge in [0.15, 0.2) is 0 Å². The molecule has 1 amide bonds. The number of nitrogens with zero attached hydrogens (tertiary/aromatic N) is 2. The van der Waals surface area contributed by atoms with Gasteiger partial charge < -0.3 is 10.0 Å². The minimum atomic E-state index is -0.858. The van der Waals surface area contributed by atoms with Gasteiger partial charge in [0.05, 0.1) is 6.04 Å². The van der Waals surface area contributed by atoms with Crippen LogP contribution in [0.2, 0.25) is 10.0 Å². The molecule has 0 saturated heterocycles. The van der Waals surface area contributed by atoms with E-state index in [1.807, 2.05) is 0 Å². The van der Waals surface area contributed by atoms with E-state index in [9.17, 15) is 18.7 Å². The molecule has 0 aliphatic heterocycles. The molecule has 0 aliphatic carbocycles. The lowest BCUT2D eigenvalue weighted by molar-refractivity contribution is 0.0625. The first kappa shape index (κ1) is 22.2. The van der Waals surface area contributed by atoms with Gasteiger partial charge >= 0.3 is 0 Å². The number of amides is 1. The summed E-state index contributed by atoms with van der Waals surface area (Å²) < 4.78 is 27.5. The second kappa shape index (κ2) is 9.98. The Balaban J connectivity index is 2.09. The maximum absolute atomic E-state index is 13.8. The van der Waals surface area contributed by atoms with Crippen LogP contribution < -0.4 is 0 Å². The maximum Gasteiger partial charge on any atom is 0.254 e. The summed E-state index contributed by atoms with van der Waals surface area (Å²) in [4.78, 5) is 18.8. The quantitative estimate of drug-likeness (QED) is 0.521. The fraction of sp³-hybridized carbons (Fsp3) is 0.182. The highest BCUT2D eigenvalue weighted by Gasteiger charge is 2.28. The highest BCUT2D eigenvalue weighted by molar-refractivity contribution is 6.35. The van der Waals surface area contributed by atoms with Crippen molar-refractivity contribution >= 4 is 29.1 Å². The lowest BCUT2D eigenvalue weighted by atomic mass is 10.00. The number of aromatic nitrogens is 1. The molecule has 2 aromatic carbocycles. The number of benzene rings is 2. The van der Waals surface area contributed by atoms with E-state index < -0.39 is 23.6 Å². The van der Waals surface area contributed by atoms with Crippen molar-refractivity contribution in [2.24, 2.45) is 0 Å². The van der Waals surface area contributed by atoms with E-state index in [2.05, 4.69) is 4.98 Å². The monoisotopic (exact) mass is 450 g/mol. The molecule has 30 heavy (non-hydrogen) atoms. The fourth-order valence-electron chi connectivity index (χ4n) is 3.23. The van der Waals surface area contributed by atoms with Crippen molar-refractivity contribution < 1.29 is 18.7 Å². The number of halogens is 4. The Morgan fingerprint density at radius 1 is 1.10 bits per heavy atom. The molecular formula is C22H18Cl2F2N2O2. The van der Waals surface area contributed by atoms with E-state index in [0.717, 1.165) is 12.1 Å². The SMILES string of the molecule is O=C(c1cc(F)cc(F)c1)N(Cc1cccnc1)[C@H](CCO)c1ccc(Cl)cc1Cl. The van der Waals surface area contributed by atoms with Crippen LogP contribution in [0.25, 0.3) is 0 Å². The van der Waals surface area contributed by atoms with Gasteiger partial charge in [0.2, 0.25) is 0 Å². The van der Waals surface area contributed by atoms with Crippen molar-refractivity contribution in [3.8, 4) is 0 Å². The summed E-state index contributed by atoms with van der Waals surface area (Å²) in [5.41, 5.74) is 1.12. The number of carbonyl (C=O) groups excluding carboxylic acids is 1. The third kappa shape index (κ3) is 5.33. The molecule has 4 nitrogen and oxygen atoms in total. The van der Waals surface area contributed by atoms with Crippen LogP contribution in [0.5, 0.6) is 0 Å². The van der Waals surface area contributed by atoms with Gasteiger partial charge in [-0.1, -0.05) is 35.3 Å². The van der Waals surface area contributed by atoms with Crippen molar-refractivity contribution in [2.75, 3.05) is 6.61 Å². The van der Waals surface area contributed by atoms with Crippen LogP contribution in [0, 0.1) is 11.6 Å². The lowest BCUT2D eigenvalue weighted by Crippen LogP contribution is -2.35. The third-order valence-electron chi connectivity index (χ3n) is 4.55. The summed E-state index contributed by atoms with van der Waals surface area (Å²) in [7, 11) is 0.